The van der Waals surface area contributed by atoms with Crippen LogP contribution in [0.3, 0.4) is 0 Å². The number of nitrogens with one attached hydrogen (secondary N) is 2. The Labute approximate surface area is 284 Å². The van der Waals surface area contributed by atoms with Gasteiger partial charge in [0.1, 0.15) is 0 Å². The standard InChI is InChI=1S/C40H38N4O5/c1-26(10-9-17-38(47)43-24-28-12-6-5-11-27(28)20-32(43)25-45)40(49)34-22-30(18-19-36(34)44(39(40)48)31-13-3-2-4-14-31)42-37(46)21-29-23-41-35-16-8-7-15-33(29)35/h2-16,18-19,22-23,26,32,41,45,49H,17,20-21,24-25H2,1H3,(H,42,46)/b10-9+/t26-,32+,40+/m1/s1. The number of hydrogen-bond donors (Lipinski definition) is 4. The molecular formula is C40H38N4O5. The number of aliphatic hydroxyl groups is 2. The van der Waals surface area contributed by atoms with E-state index in [0.717, 1.165) is 27.6 Å². The van der Waals surface area contributed by atoms with Crippen molar-refractivity contribution in [3.8, 4) is 0 Å². The number of para-hydroxylation sites is 2. The first kappa shape index (κ1) is 32.1. The zero-order chi connectivity index (χ0) is 34.1. The normalized spacial score (nSPS) is 19.2. The molecule has 0 saturated carbocycles. The Hall–Kier alpha value is -5.51. The largest absolute Gasteiger partial charge is 0.394 e. The first-order chi connectivity index (χ1) is 23.8. The van der Waals surface area contributed by atoms with Crippen LogP contribution in [0.2, 0.25) is 0 Å². The number of aromatic nitrogens is 1. The van der Waals surface area contributed by atoms with E-state index >= 15 is 0 Å². The number of amides is 3. The highest BCUT2D eigenvalue weighted by Crippen LogP contribution is 2.49. The third kappa shape index (κ3) is 5.92. The molecule has 0 saturated heterocycles. The van der Waals surface area contributed by atoms with Crippen LogP contribution in [0.5, 0.6) is 0 Å². The number of rotatable bonds is 9. The summed E-state index contributed by atoms with van der Waals surface area (Å²) in [6.45, 7) is 2.02. The molecule has 1 aromatic heterocycles. The van der Waals surface area contributed by atoms with Crippen molar-refractivity contribution in [3.05, 3.63) is 138 Å². The van der Waals surface area contributed by atoms with Crippen molar-refractivity contribution in [3.63, 3.8) is 0 Å². The molecule has 0 fully saturated rings. The van der Waals surface area contributed by atoms with Gasteiger partial charge in [0, 0.05) is 52.9 Å². The lowest BCUT2D eigenvalue weighted by molar-refractivity contribution is -0.138. The summed E-state index contributed by atoms with van der Waals surface area (Å²) in [5.41, 5.74) is 3.97. The minimum absolute atomic E-state index is 0.0481. The average molecular weight is 655 g/mol. The van der Waals surface area contributed by atoms with Crippen LogP contribution in [0.4, 0.5) is 17.1 Å². The van der Waals surface area contributed by atoms with Crippen LogP contribution in [-0.4, -0.2) is 50.5 Å². The van der Waals surface area contributed by atoms with E-state index in [9.17, 15) is 24.6 Å². The lowest BCUT2D eigenvalue weighted by Crippen LogP contribution is -2.46. The number of hydrogen-bond acceptors (Lipinski definition) is 5. The average Bonchev–Trinajstić information content (AvgIpc) is 3.63. The Kier molecular flexibility index (Phi) is 8.62. The molecule has 248 valence electrons. The predicted molar refractivity (Wildman–Crippen MR) is 189 cm³/mol. The van der Waals surface area contributed by atoms with Crippen molar-refractivity contribution >= 4 is 45.7 Å². The van der Waals surface area contributed by atoms with Crippen molar-refractivity contribution in [1.29, 1.82) is 0 Å². The van der Waals surface area contributed by atoms with Crippen molar-refractivity contribution < 1.29 is 24.6 Å². The zero-order valence-electron chi connectivity index (χ0n) is 27.2. The summed E-state index contributed by atoms with van der Waals surface area (Å²) >= 11 is 0. The number of carbonyl (C=O) groups is 3. The van der Waals surface area contributed by atoms with Gasteiger partial charge in [-0.15, -0.1) is 0 Å². The third-order valence-electron chi connectivity index (χ3n) is 9.76. The van der Waals surface area contributed by atoms with Crippen LogP contribution < -0.4 is 10.2 Å². The van der Waals surface area contributed by atoms with Crippen LogP contribution in [0.15, 0.2) is 115 Å². The lowest BCUT2D eigenvalue weighted by Gasteiger charge is -2.36. The van der Waals surface area contributed by atoms with Crippen molar-refractivity contribution in [1.82, 2.24) is 9.88 Å². The van der Waals surface area contributed by atoms with E-state index in [2.05, 4.69) is 10.3 Å². The topological polar surface area (TPSA) is 126 Å². The molecule has 7 rings (SSSR count). The summed E-state index contributed by atoms with van der Waals surface area (Å²) < 4.78 is 0. The molecule has 0 unspecified atom stereocenters. The number of aromatic amines is 1. The van der Waals surface area contributed by atoms with E-state index < -0.39 is 17.4 Å². The zero-order valence-corrected chi connectivity index (χ0v) is 27.2. The maximum atomic E-state index is 14.2. The second-order valence-electron chi connectivity index (χ2n) is 12.8. The first-order valence-corrected chi connectivity index (χ1v) is 16.5. The SMILES string of the molecule is C[C@H](/C=C/CC(=O)N1Cc2ccccc2C[C@H]1CO)[C@@]1(O)C(=O)N(c2ccccc2)c2ccc(NC(=O)Cc3c[nH]c4ccccc34)cc21. The first-order valence-electron chi connectivity index (χ1n) is 16.5. The lowest BCUT2D eigenvalue weighted by atomic mass is 9.82. The molecular weight excluding hydrogens is 616 g/mol. The molecule has 2 aliphatic rings. The molecule has 3 heterocycles. The molecule has 5 aromatic rings. The summed E-state index contributed by atoms with van der Waals surface area (Å²) in [6, 6.07) is 29.6. The monoisotopic (exact) mass is 654 g/mol. The van der Waals surface area contributed by atoms with Crippen LogP contribution in [0, 0.1) is 5.92 Å². The summed E-state index contributed by atoms with van der Waals surface area (Å²) in [7, 11) is 0. The Balaban J connectivity index is 1.13. The fourth-order valence-corrected chi connectivity index (χ4v) is 7.11. The van der Waals surface area contributed by atoms with Crippen molar-refractivity contribution in [2.24, 2.45) is 5.92 Å². The molecule has 0 radical (unpaired) electrons. The second-order valence-corrected chi connectivity index (χ2v) is 12.8. The van der Waals surface area contributed by atoms with E-state index in [1.165, 1.54) is 4.90 Å². The van der Waals surface area contributed by atoms with Gasteiger partial charge >= 0.3 is 0 Å². The molecule has 4 N–H and O–H groups in total. The van der Waals surface area contributed by atoms with Crippen LogP contribution in [0.25, 0.3) is 10.9 Å². The van der Waals surface area contributed by atoms with Gasteiger partial charge in [0.2, 0.25) is 11.8 Å². The number of H-pyrrole nitrogens is 1. The van der Waals surface area contributed by atoms with Gasteiger partial charge in [0.25, 0.3) is 5.91 Å². The van der Waals surface area contributed by atoms with Gasteiger partial charge in [-0.3, -0.25) is 19.3 Å². The maximum Gasteiger partial charge on any atom is 0.268 e. The van der Waals surface area contributed by atoms with Gasteiger partial charge in [0.05, 0.1) is 24.8 Å². The number of aliphatic hydroxyl groups excluding tert-OH is 1. The van der Waals surface area contributed by atoms with Gasteiger partial charge in [-0.2, -0.15) is 0 Å². The van der Waals surface area contributed by atoms with Gasteiger partial charge < -0.3 is 25.4 Å². The summed E-state index contributed by atoms with van der Waals surface area (Å²) in [5.74, 6) is -1.63. The van der Waals surface area contributed by atoms with E-state index in [4.69, 9.17) is 0 Å². The van der Waals surface area contributed by atoms with Gasteiger partial charge in [-0.25, -0.2) is 0 Å². The Bertz CT molecular complexity index is 2070. The van der Waals surface area contributed by atoms with E-state index in [1.807, 2.05) is 72.9 Å². The highest BCUT2D eigenvalue weighted by Gasteiger charge is 2.53. The molecule has 4 aromatic carbocycles. The van der Waals surface area contributed by atoms with Crippen molar-refractivity contribution in [2.45, 2.75) is 44.4 Å². The fraction of sp³-hybridized carbons (Fsp3) is 0.225. The molecule has 9 nitrogen and oxygen atoms in total. The Morgan fingerprint density at radius 2 is 1.73 bits per heavy atom. The molecule has 9 heteroatoms. The Morgan fingerprint density at radius 3 is 2.53 bits per heavy atom. The van der Waals surface area contributed by atoms with Crippen LogP contribution in [-0.2, 0) is 39.4 Å². The number of fused-ring (bicyclic) bond motifs is 3. The van der Waals surface area contributed by atoms with Gasteiger partial charge in [0.15, 0.2) is 5.60 Å². The van der Waals surface area contributed by atoms with Crippen molar-refractivity contribution in [2.75, 3.05) is 16.8 Å². The number of anilines is 3. The van der Waals surface area contributed by atoms with E-state index in [0.29, 0.717) is 35.6 Å². The minimum Gasteiger partial charge on any atom is -0.394 e. The molecule has 0 aliphatic carbocycles. The van der Waals surface area contributed by atoms with Crippen LogP contribution in [0.1, 0.15) is 35.6 Å². The molecule has 3 amide bonds. The van der Waals surface area contributed by atoms with Gasteiger partial charge in [-0.05, 0) is 59.5 Å². The molecule has 49 heavy (non-hydrogen) atoms. The molecule has 0 spiro atoms. The molecule has 0 bridgehead atoms. The smallest absolute Gasteiger partial charge is 0.268 e. The quantitative estimate of drug-likeness (QED) is 0.151. The van der Waals surface area contributed by atoms with Gasteiger partial charge in [-0.1, -0.05) is 79.7 Å². The highest BCUT2D eigenvalue weighted by atomic mass is 16.3. The fourth-order valence-electron chi connectivity index (χ4n) is 7.11. The summed E-state index contributed by atoms with van der Waals surface area (Å²) in [4.78, 5) is 47.1. The third-order valence-corrected chi connectivity index (χ3v) is 9.76. The molecule has 3 atom stereocenters. The van der Waals surface area contributed by atoms with E-state index in [1.54, 1.807) is 54.3 Å². The minimum atomic E-state index is -1.97. The van der Waals surface area contributed by atoms with E-state index in [-0.39, 0.29) is 37.3 Å². The second kappa shape index (κ2) is 13.2. The summed E-state index contributed by atoms with van der Waals surface area (Å²) in [5, 5.41) is 26.3. The highest BCUT2D eigenvalue weighted by molar-refractivity contribution is 6.12. The Morgan fingerprint density at radius 1 is 1.00 bits per heavy atom. The molecule has 2 aliphatic heterocycles. The number of benzene rings is 4. The summed E-state index contributed by atoms with van der Waals surface area (Å²) in [6.07, 6.45) is 5.99. The van der Waals surface area contributed by atoms with Crippen LogP contribution >= 0.6 is 0 Å². The number of carbonyl (C=O) groups excluding carboxylic acids is 3. The number of nitrogens with zero attached hydrogens (tertiary/aromatic N) is 2. The maximum absolute atomic E-state index is 14.2. The predicted octanol–water partition coefficient (Wildman–Crippen LogP) is 5.74.